The van der Waals surface area contributed by atoms with E-state index in [2.05, 4.69) is 4.98 Å². The summed E-state index contributed by atoms with van der Waals surface area (Å²) < 4.78 is 7.42. The summed E-state index contributed by atoms with van der Waals surface area (Å²) in [6.45, 7) is 1.48. The molecule has 6 nitrogen and oxygen atoms in total. The third-order valence-electron chi connectivity index (χ3n) is 4.17. The first-order valence-corrected chi connectivity index (χ1v) is 7.22. The SMILES string of the molecule is Cc1cn([C@@H]2CC[C@](CO)(c3ccccc3)O2)c(=O)[nH]c1=O. The fourth-order valence-corrected chi connectivity index (χ4v) is 2.89. The third kappa shape index (κ3) is 2.40. The summed E-state index contributed by atoms with van der Waals surface area (Å²) in [4.78, 5) is 25.7. The molecule has 1 saturated heterocycles. The highest BCUT2D eigenvalue weighted by Gasteiger charge is 2.42. The van der Waals surface area contributed by atoms with Crippen molar-refractivity contribution in [2.45, 2.75) is 31.6 Å². The quantitative estimate of drug-likeness (QED) is 0.887. The van der Waals surface area contributed by atoms with Gasteiger partial charge in [-0.3, -0.25) is 14.3 Å². The number of aliphatic hydroxyl groups excluding tert-OH is 1. The van der Waals surface area contributed by atoms with E-state index in [1.54, 1.807) is 6.92 Å². The van der Waals surface area contributed by atoms with Gasteiger partial charge in [0.05, 0.1) is 6.61 Å². The standard InChI is InChI=1S/C16H18N2O4/c1-11-9-18(15(21)17-14(11)20)13-7-8-16(10-19,22-13)12-5-3-2-4-6-12/h2-6,9,13,19H,7-8,10H2,1H3,(H,17,20,21)/t13-,16-/m0/s1. The second kappa shape index (κ2) is 5.55. The van der Waals surface area contributed by atoms with Crippen LogP contribution >= 0.6 is 0 Å². The topological polar surface area (TPSA) is 84.3 Å². The predicted octanol–water partition coefficient (Wildman–Crippen LogP) is 1.04. The molecule has 2 heterocycles. The van der Waals surface area contributed by atoms with Crippen LogP contribution < -0.4 is 11.2 Å². The van der Waals surface area contributed by atoms with Crippen molar-refractivity contribution in [2.24, 2.45) is 0 Å². The number of H-pyrrole nitrogens is 1. The molecule has 1 aromatic carbocycles. The van der Waals surface area contributed by atoms with Gasteiger partial charge in [0.25, 0.3) is 5.56 Å². The molecule has 6 heteroatoms. The average Bonchev–Trinajstić information content (AvgIpc) is 2.97. The maximum absolute atomic E-state index is 12.0. The largest absolute Gasteiger partial charge is 0.393 e. The highest BCUT2D eigenvalue weighted by Crippen LogP contribution is 2.42. The Bertz CT molecular complexity index is 781. The number of benzene rings is 1. The summed E-state index contributed by atoms with van der Waals surface area (Å²) in [5.41, 5.74) is -0.369. The minimum Gasteiger partial charge on any atom is -0.393 e. The molecule has 0 saturated carbocycles. The number of nitrogens with zero attached hydrogens (tertiary/aromatic N) is 1. The Kier molecular flexibility index (Phi) is 3.72. The minimum absolute atomic E-state index is 0.162. The van der Waals surface area contributed by atoms with Crippen molar-refractivity contribution in [3.63, 3.8) is 0 Å². The zero-order valence-corrected chi connectivity index (χ0v) is 12.3. The second-order valence-corrected chi connectivity index (χ2v) is 5.61. The van der Waals surface area contributed by atoms with Crippen LogP contribution in [0.15, 0.2) is 46.1 Å². The molecule has 0 radical (unpaired) electrons. The number of aliphatic hydroxyl groups is 1. The highest BCUT2D eigenvalue weighted by molar-refractivity contribution is 5.24. The van der Waals surface area contributed by atoms with Crippen molar-refractivity contribution in [2.75, 3.05) is 6.61 Å². The van der Waals surface area contributed by atoms with Gasteiger partial charge in [0.2, 0.25) is 0 Å². The van der Waals surface area contributed by atoms with Crippen molar-refractivity contribution >= 4 is 0 Å². The van der Waals surface area contributed by atoms with Gasteiger partial charge < -0.3 is 9.84 Å². The van der Waals surface area contributed by atoms with Gasteiger partial charge in [-0.2, -0.15) is 0 Å². The van der Waals surface area contributed by atoms with Gasteiger partial charge in [0, 0.05) is 11.8 Å². The van der Waals surface area contributed by atoms with E-state index in [1.807, 2.05) is 30.3 Å². The van der Waals surface area contributed by atoms with Gasteiger partial charge in [-0.05, 0) is 25.3 Å². The Morgan fingerprint density at radius 3 is 2.77 bits per heavy atom. The fourth-order valence-electron chi connectivity index (χ4n) is 2.89. The van der Waals surface area contributed by atoms with Gasteiger partial charge in [-0.15, -0.1) is 0 Å². The Morgan fingerprint density at radius 1 is 1.36 bits per heavy atom. The first-order valence-electron chi connectivity index (χ1n) is 7.22. The lowest BCUT2D eigenvalue weighted by molar-refractivity contribution is -0.104. The van der Waals surface area contributed by atoms with Crippen LogP contribution in [-0.2, 0) is 10.3 Å². The van der Waals surface area contributed by atoms with E-state index >= 15 is 0 Å². The van der Waals surface area contributed by atoms with Crippen LogP contribution in [0, 0.1) is 6.92 Å². The number of nitrogens with one attached hydrogen (secondary N) is 1. The monoisotopic (exact) mass is 302 g/mol. The number of hydrogen-bond acceptors (Lipinski definition) is 4. The normalized spacial score (nSPS) is 24.5. The van der Waals surface area contributed by atoms with Crippen molar-refractivity contribution < 1.29 is 9.84 Å². The summed E-state index contributed by atoms with van der Waals surface area (Å²) >= 11 is 0. The molecule has 2 N–H and O–H groups in total. The number of hydrogen-bond donors (Lipinski definition) is 2. The van der Waals surface area contributed by atoms with E-state index in [4.69, 9.17) is 4.74 Å². The van der Waals surface area contributed by atoms with Gasteiger partial charge in [0.1, 0.15) is 11.8 Å². The first-order chi connectivity index (χ1) is 10.6. The number of aromatic amines is 1. The molecular weight excluding hydrogens is 284 g/mol. The molecule has 1 fully saturated rings. The number of rotatable bonds is 3. The lowest BCUT2D eigenvalue weighted by atomic mass is 9.92. The molecular formula is C16H18N2O4. The number of aryl methyl sites for hydroxylation is 1. The van der Waals surface area contributed by atoms with Crippen LogP contribution in [0.1, 0.15) is 30.2 Å². The molecule has 2 aromatic rings. The summed E-state index contributed by atoms with van der Waals surface area (Å²) in [5.74, 6) is 0. The van der Waals surface area contributed by atoms with E-state index in [-0.39, 0.29) is 6.61 Å². The molecule has 0 unspecified atom stereocenters. The first kappa shape index (κ1) is 14.7. The molecule has 3 rings (SSSR count). The summed E-state index contributed by atoms with van der Waals surface area (Å²) in [7, 11) is 0. The van der Waals surface area contributed by atoms with E-state index in [1.165, 1.54) is 10.8 Å². The Morgan fingerprint density at radius 2 is 2.09 bits per heavy atom. The lowest BCUT2D eigenvalue weighted by Gasteiger charge is -2.28. The van der Waals surface area contributed by atoms with Crippen LogP contribution in [0.3, 0.4) is 0 Å². The second-order valence-electron chi connectivity index (χ2n) is 5.61. The van der Waals surface area contributed by atoms with Gasteiger partial charge in [-0.25, -0.2) is 4.79 Å². The minimum atomic E-state index is -0.810. The molecule has 0 spiro atoms. The summed E-state index contributed by atoms with van der Waals surface area (Å²) in [5, 5.41) is 9.83. The Hall–Kier alpha value is -2.18. The van der Waals surface area contributed by atoms with Crippen molar-refractivity contribution in [1.29, 1.82) is 0 Å². The maximum Gasteiger partial charge on any atom is 0.330 e. The maximum atomic E-state index is 12.0. The zero-order chi connectivity index (χ0) is 15.7. The molecule has 1 aliphatic heterocycles. The molecule has 2 atom stereocenters. The predicted molar refractivity (Wildman–Crippen MR) is 80.6 cm³/mol. The van der Waals surface area contributed by atoms with Crippen LogP contribution in [0.4, 0.5) is 0 Å². The molecule has 116 valence electrons. The third-order valence-corrected chi connectivity index (χ3v) is 4.17. The van der Waals surface area contributed by atoms with Crippen molar-refractivity contribution in [1.82, 2.24) is 9.55 Å². The summed E-state index contributed by atoms with van der Waals surface area (Å²) in [6.07, 6.45) is 2.18. The van der Waals surface area contributed by atoms with Crippen LogP contribution in [0.25, 0.3) is 0 Å². The molecule has 0 amide bonds. The highest BCUT2D eigenvalue weighted by atomic mass is 16.5. The van der Waals surface area contributed by atoms with Gasteiger partial charge in [0.15, 0.2) is 0 Å². The molecule has 0 aliphatic carbocycles. The zero-order valence-electron chi connectivity index (χ0n) is 12.3. The van der Waals surface area contributed by atoms with E-state index in [9.17, 15) is 14.7 Å². The molecule has 1 aromatic heterocycles. The molecule has 22 heavy (non-hydrogen) atoms. The smallest absolute Gasteiger partial charge is 0.330 e. The van der Waals surface area contributed by atoms with Crippen LogP contribution in [0.2, 0.25) is 0 Å². The van der Waals surface area contributed by atoms with E-state index < -0.39 is 23.1 Å². The lowest BCUT2D eigenvalue weighted by Crippen LogP contribution is -2.35. The Labute approximate surface area is 127 Å². The molecule has 0 bridgehead atoms. The molecule has 1 aliphatic rings. The van der Waals surface area contributed by atoms with E-state index in [0.717, 1.165) is 5.56 Å². The number of ether oxygens (including phenoxy) is 1. The van der Waals surface area contributed by atoms with Crippen molar-refractivity contribution in [3.05, 3.63) is 68.5 Å². The van der Waals surface area contributed by atoms with Gasteiger partial charge in [-0.1, -0.05) is 30.3 Å². The average molecular weight is 302 g/mol. The van der Waals surface area contributed by atoms with Crippen LogP contribution in [-0.4, -0.2) is 21.3 Å². The fraction of sp³-hybridized carbons (Fsp3) is 0.375. The van der Waals surface area contributed by atoms with Crippen molar-refractivity contribution in [3.8, 4) is 0 Å². The van der Waals surface area contributed by atoms with Crippen LogP contribution in [0.5, 0.6) is 0 Å². The number of aromatic nitrogens is 2. The Balaban J connectivity index is 1.96. The van der Waals surface area contributed by atoms with E-state index in [0.29, 0.717) is 18.4 Å². The van der Waals surface area contributed by atoms with Gasteiger partial charge >= 0.3 is 5.69 Å². The summed E-state index contributed by atoms with van der Waals surface area (Å²) in [6, 6.07) is 9.48.